The van der Waals surface area contributed by atoms with Crippen LogP contribution in [-0.4, -0.2) is 41.0 Å². The Bertz CT molecular complexity index is 1740. The first-order valence-electron chi connectivity index (χ1n) is 11.8. The van der Waals surface area contributed by atoms with Crippen LogP contribution >= 0.6 is 11.3 Å². The van der Waals surface area contributed by atoms with Crippen LogP contribution in [0, 0.1) is 5.41 Å². The summed E-state index contributed by atoms with van der Waals surface area (Å²) in [5.41, 5.74) is 7.71. The van der Waals surface area contributed by atoms with E-state index in [-0.39, 0.29) is 11.3 Å². The van der Waals surface area contributed by atoms with Gasteiger partial charge in [-0.2, -0.15) is 16.4 Å². The van der Waals surface area contributed by atoms with Crippen molar-refractivity contribution in [1.29, 1.82) is 0 Å². The van der Waals surface area contributed by atoms with Gasteiger partial charge in [0.1, 0.15) is 5.52 Å². The molecule has 0 aromatic carbocycles. The topological polar surface area (TPSA) is 125 Å². The lowest BCUT2D eigenvalue weighted by molar-refractivity contribution is -0.117. The third kappa shape index (κ3) is 4.58. The highest BCUT2D eigenvalue weighted by Crippen LogP contribution is 2.32. The van der Waals surface area contributed by atoms with Gasteiger partial charge in [-0.25, -0.2) is 15.0 Å². The Morgan fingerprint density at radius 3 is 2.78 bits per heavy atom. The molecular weight excluding hydrogens is 484 g/mol. The molecule has 0 bridgehead atoms. The Morgan fingerprint density at radius 2 is 1.97 bits per heavy atom. The Morgan fingerprint density at radius 1 is 1.08 bits per heavy atom. The summed E-state index contributed by atoms with van der Waals surface area (Å²) in [4.78, 5) is 34.2. The summed E-state index contributed by atoms with van der Waals surface area (Å²) in [6.45, 7) is 6.09. The van der Waals surface area contributed by atoms with E-state index >= 15 is 0 Å². The third-order valence-corrected chi connectivity index (χ3v) is 6.55. The van der Waals surface area contributed by atoms with Crippen molar-refractivity contribution < 1.29 is 4.79 Å². The number of aromatic amines is 2. The van der Waals surface area contributed by atoms with Crippen molar-refractivity contribution in [3.63, 3.8) is 0 Å². The van der Waals surface area contributed by atoms with Crippen LogP contribution in [0.1, 0.15) is 27.2 Å². The number of imidazole rings is 1. The van der Waals surface area contributed by atoms with Gasteiger partial charge in [0.2, 0.25) is 5.91 Å². The van der Waals surface area contributed by atoms with Gasteiger partial charge in [-0.1, -0.05) is 20.8 Å². The third-order valence-electron chi connectivity index (χ3n) is 5.86. The van der Waals surface area contributed by atoms with E-state index in [1.165, 1.54) is 0 Å². The Kier molecular flexibility index (Phi) is 5.53. The molecule has 0 fully saturated rings. The van der Waals surface area contributed by atoms with Crippen LogP contribution in [0.3, 0.4) is 0 Å². The number of hydrogen-bond acceptors (Lipinski definition) is 7. The van der Waals surface area contributed by atoms with Crippen LogP contribution in [0.15, 0.2) is 59.7 Å². The Balaban J connectivity index is 1.36. The van der Waals surface area contributed by atoms with Gasteiger partial charge in [-0.15, -0.1) is 0 Å². The summed E-state index contributed by atoms with van der Waals surface area (Å²) < 4.78 is 0. The lowest BCUT2D eigenvalue weighted by Crippen LogP contribution is -2.19. The van der Waals surface area contributed by atoms with Crippen molar-refractivity contribution >= 4 is 45.1 Å². The van der Waals surface area contributed by atoms with Crippen LogP contribution in [0.4, 0.5) is 5.69 Å². The first-order chi connectivity index (χ1) is 17.8. The summed E-state index contributed by atoms with van der Waals surface area (Å²) in [5.74, 6) is 0.537. The molecule has 9 nitrogen and oxygen atoms in total. The summed E-state index contributed by atoms with van der Waals surface area (Å²) in [5, 5.41) is 14.6. The highest BCUT2D eigenvalue weighted by molar-refractivity contribution is 7.08. The monoisotopic (exact) mass is 508 g/mol. The molecule has 6 aromatic heterocycles. The molecular formula is C27H24N8OS. The van der Waals surface area contributed by atoms with Gasteiger partial charge in [-0.3, -0.25) is 14.9 Å². The minimum Gasteiger partial charge on any atom is -0.335 e. The van der Waals surface area contributed by atoms with Gasteiger partial charge < -0.3 is 10.3 Å². The molecule has 10 heteroatoms. The maximum atomic E-state index is 12.4. The van der Waals surface area contributed by atoms with E-state index in [1.54, 1.807) is 29.9 Å². The maximum Gasteiger partial charge on any atom is 0.224 e. The van der Waals surface area contributed by atoms with Crippen LogP contribution in [-0.2, 0) is 4.79 Å². The van der Waals surface area contributed by atoms with Crippen molar-refractivity contribution in [2.45, 2.75) is 27.2 Å². The normalized spacial score (nSPS) is 11.9. The average Bonchev–Trinajstić information content (AvgIpc) is 3.61. The van der Waals surface area contributed by atoms with Crippen LogP contribution < -0.4 is 5.32 Å². The molecule has 0 spiro atoms. The number of rotatable bonds is 5. The summed E-state index contributed by atoms with van der Waals surface area (Å²) in [6.07, 6.45) is 5.55. The first-order valence-corrected chi connectivity index (χ1v) is 12.8. The highest BCUT2D eigenvalue weighted by Gasteiger charge is 2.18. The number of fused-ring (bicyclic) bond motifs is 2. The van der Waals surface area contributed by atoms with E-state index < -0.39 is 0 Å². The van der Waals surface area contributed by atoms with E-state index in [2.05, 4.69) is 41.9 Å². The molecule has 3 N–H and O–H groups in total. The zero-order chi connectivity index (χ0) is 25.6. The second-order valence-electron chi connectivity index (χ2n) is 10.1. The fourth-order valence-electron chi connectivity index (χ4n) is 4.24. The number of pyridine rings is 3. The second-order valence-corrected chi connectivity index (χ2v) is 10.8. The Labute approximate surface area is 216 Å². The smallest absolute Gasteiger partial charge is 0.224 e. The molecule has 0 atom stereocenters. The van der Waals surface area contributed by atoms with E-state index in [0.717, 1.165) is 27.7 Å². The Hall–Kier alpha value is -4.44. The highest BCUT2D eigenvalue weighted by atomic mass is 32.1. The number of nitrogens with one attached hydrogen (secondary N) is 3. The predicted octanol–water partition coefficient (Wildman–Crippen LogP) is 6.06. The number of carbonyl (C=O) groups excluding carboxylic acids is 1. The SMILES string of the molecule is CC(C)(C)CC(=O)Nc1cncc(-c2ccc3[nH]nc(-c4nc5nccc(-c6ccsc6)c5[nH]4)c3n2)c1. The zero-order valence-electron chi connectivity index (χ0n) is 20.5. The zero-order valence-corrected chi connectivity index (χ0v) is 21.3. The molecule has 0 saturated carbocycles. The fourth-order valence-corrected chi connectivity index (χ4v) is 4.90. The number of aromatic nitrogens is 7. The summed E-state index contributed by atoms with van der Waals surface area (Å²) in [7, 11) is 0. The molecule has 0 radical (unpaired) electrons. The number of H-pyrrole nitrogens is 2. The minimum absolute atomic E-state index is 0.0488. The van der Waals surface area contributed by atoms with Crippen LogP contribution in [0.2, 0.25) is 0 Å². The maximum absolute atomic E-state index is 12.4. The van der Waals surface area contributed by atoms with E-state index in [4.69, 9.17) is 9.97 Å². The van der Waals surface area contributed by atoms with Gasteiger partial charge in [0.25, 0.3) is 0 Å². The first kappa shape index (κ1) is 23.0. The summed E-state index contributed by atoms with van der Waals surface area (Å²) >= 11 is 1.64. The van der Waals surface area contributed by atoms with Gasteiger partial charge in [0.05, 0.1) is 28.6 Å². The van der Waals surface area contributed by atoms with Crippen molar-refractivity contribution in [1.82, 2.24) is 35.1 Å². The lowest BCUT2D eigenvalue weighted by Gasteiger charge is -2.17. The second kappa shape index (κ2) is 8.90. The molecule has 0 aliphatic heterocycles. The predicted molar refractivity (Wildman–Crippen MR) is 146 cm³/mol. The molecule has 6 heterocycles. The van der Waals surface area contributed by atoms with E-state index in [1.807, 2.05) is 50.4 Å². The number of hydrogen-bond donors (Lipinski definition) is 3. The molecule has 0 aliphatic rings. The van der Waals surface area contributed by atoms with Crippen molar-refractivity contribution in [3.05, 3.63) is 59.7 Å². The molecule has 0 unspecified atom stereocenters. The average molecular weight is 509 g/mol. The number of amides is 1. The van der Waals surface area contributed by atoms with Crippen LogP contribution in [0.25, 0.3) is 56.1 Å². The molecule has 37 heavy (non-hydrogen) atoms. The van der Waals surface area contributed by atoms with Crippen molar-refractivity contribution in [2.24, 2.45) is 5.41 Å². The minimum atomic E-state index is -0.101. The number of anilines is 1. The number of nitrogens with zero attached hydrogens (tertiary/aromatic N) is 5. The molecule has 6 rings (SSSR count). The van der Waals surface area contributed by atoms with Gasteiger partial charge in [0.15, 0.2) is 17.2 Å². The van der Waals surface area contributed by atoms with E-state index in [9.17, 15) is 4.79 Å². The fraction of sp³-hybridized carbons (Fsp3) is 0.185. The molecule has 6 aromatic rings. The summed E-state index contributed by atoms with van der Waals surface area (Å²) in [6, 6.07) is 9.75. The van der Waals surface area contributed by atoms with E-state index in [0.29, 0.717) is 40.5 Å². The quantitative estimate of drug-likeness (QED) is 0.260. The largest absolute Gasteiger partial charge is 0.335 e. The van der Waals surface area contributed by atoms with Gasteiger partial charge in [-0.05, 0) is 52.1 Å². The van der Waals surface area contributed by atoms with Crippen LogP contribution in [0.5, 0.6) is 0 Å². The standard InChI is InChI=1S/C27H24N8OS/c1-27(2,3)11-21(36)30-17-10-16(12-28-13-17)19-4-5-20-23(31-19)24(35-34-20)26-32-22-18(15-7-9-37-14-15)6-8-29-25(22)33-26/h4-10,12-14H,11H2,1-3H3,(H,30,36)(H,34,35)(H,29,32,33). The molecule has 0 saturated heterocycles. The molecule has 0 aliphatic carbocycles. The van der Waals surface area contributed by atoms with Crippen molar-refractivity contribution in [3.8, 4) is 33.9 Å². The van der Waals surface area contributed by atoms with Gasteiger partial charge in [0, 0.05) is 29.9 Å². The molecule has 184 valence electrons. The van der Waals surface area contributed by atoms with Gasteiger partial charge >= 0.3 is 0 Å². The lowest BCUT2D eigenvalue weighted by atomic mass is 9.92. The van der Waals surface area contributed by atoms with Crippen molar-refractivity contribution in [2.75, 3.05) is 5.32 Å². The number of carbonyl (C=O) groups is 1. The number of thiophene rings is 1. The molecule has 1 amide bonds.